The molecule has 2 nitrogen and oxygen atoms in total. The van der Waals surface area contributed by atoms with Crippen molar-refractivity contribution in [3.05, 3.63) is 120 Å². The Morgan fingerprint density at radius 1 is 0.893 bits per heavy atom. The van der Waals surface area contributed by atoms with Crippen molar-refractivity contribution in [2.45, 2.75) is 16.9 Å². The Morgan fingerprint density at radius 3 is 1.61 bits per heavy atom. The molecule has 0 aromatic heterocycles. The van der Waals surface area contributed by atoms with Gasteiger partial charge in [0.2, 0.25) is 0 Å². The maximum absolute atomic E-state index is 12.6. The van der Waals surface area contributed by atoms with Crippen molar-refractivity contribution in [3.63, 3.8) is 0 Å². The molecular formula is C25H24O2S. The smallest absolute Gasteiger partial charge is 0.323 e. The topological polar surface area (TPSA) is 26.3 Å². The van der Waals surface area contributed by atoms with Crippen molar-refractivity contribution in [1.82, 2.24) is 0 Å². The van der Waals surface area contributed by atoms with Gasteiger partial charge in [-0.3, -0.25) is 4.79 Å². The zero-order chi connectivity index (χ0) is 19.8. The van der Waals surface area contributed by atoms with E-state index in [0.29, 0.717) is 6.61 Å². The summed E-state index contributed by atoms with van der Waals surface area (Å²) < 4.78 is 4.74. The molecule has 0 bridgehead atoms. The number of thioether (sulfide) groups is 1. The fourth-order valence-electron chi connectivity index (χ4n) is 3.33. The van der Waals surface area contributed by atoms with Crippen LogP contribution in [0.5, 0.6) is 0 Å². The summed E-state index contributed by atoms with van der Waals surface area (Å²) in [5, 5.41) is -0.499. The number of ether oxygens (including phenoxy) is 1. The third-order valence-electron chi connectivity index (χ3n) is 4.58. The van der Waals surface area contributed by atoms with Crippen LogP contribution in [-0.4, -0.2) is 17.8 Å². The van der Waals surface area contributed by atoms with Crippen molar-refractivity contribution in [2.24, 2.45) is 0 Å². The molecule has 0 amide bonds. The van der Waals surface area contributed by atoms with Crippen LogP contribution in [0.4, 0.5) is 0 Å². The van der Waals surface area contributed by atoms with Gasteiger partial charge in [0, 0.05) is 0 Å². The molecule has 0 heterocycles. The van der Waals surface area contributed by atoms with Crippen LogP contribution in [0.1, 0.15) is 23.6 Å². The van der Waals surface area contributed by atoms with Gasteiger partial charge in [-0.2, -0.15) is 0 Å². The van der Waals surface area contributed by atoms with Gasteiger partial charge in [0.1, 0.15) is 5.25 Å². The van der Waals surface area contributed by atoms with Gasteiger partial charge in [-0.25, -0.2) is 0 Å². The highest BCUT2D eigenvalue weighted by molar-refractivity contribution is 8.02. The van der Waals surface area contributed by atoms with E-state index < -0.39 is 10.00 Å². The number of carbonyl (C=O) groups is 1. The SMILES string of the molecule is C=CC(SC(c1ccccc1)(c1ccccc1)c1ccccc1)C(=O)OCC. The van der Waals surface area contributed by atoms with Crippen LogP contribution in [0.25, 0.3) is 0 Å². The minimum Gasteiger partial charge on any atom is -0.465 e. The lowest BCUT2D eigenvalue weighted by Crippen LogP contribution is -2.31. The predicted octanol–water partition coefficient (Wildman–Crippen LogP) is 5.83. The second-order valence-corrected chi connectivity index (χ2v) is 7.66. The van der Waals surface area contributed by atoms with E-state index >= 15 is 0 Å². The molecule has 0 spiro atoms. The predicted molar refractivity (Wildman–Crippen MR) is 117 cm³/mol. The molecule has 142 valence electrons. The molecule has 28 heavy (non-hydrogen) atoms. The van der Waals surface area contributed by atoms with Gasteiger partial charge in [-0.05, 0) is 23.6 Å². The highest BCUT2D eigenvalue weighted by Crippen LogP contribution is 2.50. The molecule has 1 atom stereocenters. The van der Waals surface area contributed by atoms with Crippen molar-refractivity contribution in [1.29, 1.82) is 0 Å². The first-order chi connectivity index (χ1) is 13.7. The van der Waals surface area contributed by atoms with Gasteiger partial charge >= 0.3 is 5.97 Å². The second kappa shape index (κ2) is 9.43. The Labute approximate surface area is 171 Å². The summed E-state index contributed by atoms with van der Waals surface area (Å²) in [6.07, 6.45) is 1.67. The zero-order valence-corrected chi connectivity index (χ0v) is 16.8. The Balaban J connectivity index is 2.25. The average Bonchev–Trinajstić information content (AvgIpc) is 2.77. The monoisotopic (exact) mass is 388 g/mol. The number of rotatable bonds is 8. The van der Waals surface area contributed by atoms with Gasteiger partial charge in [-0.1, -0.05) is 97.1 Å². The highest BCUT2D eigenvalue weighted by atomic mass is 32.2. The molecule has 0 aliphatic carbocycles. The van der Waals surface area contributed by atoms with Crippen LogP contribution in [0.3, 0.4) is 0 Å². The van der Waals surface area contributed by atoms with Crippen LogP contribution < -0.4 is 0 Å². The molecule has 0 saturated heterocycles. The maximum Gasteiger partial charge on any atom is 0.323 e. The number of esters is 1. The normalized spacial score (nSPS) is 12.2. The first kappa shape index (κ1) is 20.0. The first-order valence-corrected chi connectivity index (χ1v) is 10.2. The largest absolute Gasteiger partial charge is 0.465 e. The fourth-order valence-corrected chi connectivity index (χ4v) is 4.79. The summed E-state index contributed by atoms with van der Waals surface area (Å²) in [5.41, 5.74) is 3.32. The molecule has 3 heteroatoms. The summed E-state index contributed by atoms with van der Waals surface area (Å²) in [6, 6.07) is 30.9. The third kappa shape index (κ3) is 4.05. The van der Waals surface area contributed by atoms with Gasteiger partial charge in [0.25, 0.3) is 0 Å². The summed E-state index contributed by atoms with van der Waals surface area (Å²) in [5.74, 6) is -0.269. The molecule has 1 unspecified atom stereocenters. The molecule has 0 radical (unpaired) electrons. The van der Waals surface area contributed by atoms with Gasteiger partial charge in [0.15, 0.2) is 0 Å². The van der Waals surface area contributed by atoms with E-state index in [1.165, 1.54) is 0 Å². The van der Waals surface area contributed by atoms with Gasteiger partial charge in [0.05, 0.1) is 11.4 Å². The molecule has 0 N–H and O–H groups in total. The maximum atomic E-state index is 12.6. The van der Waals surface area contributed by atoms with Crippen LogP contribution >= 0.6 is 11.8 Å². The van der Waals surface area contributed by atoms with Crippen LogP contribution in [0, 0.1) is 0 Å². The number of hydrogen-bond acceptors (Lipinski definition) is 3. The lowest BCUT2D eigenvalue weighted by Gasteiger charge is -2.37. The van der Waals surface area contributed by atoms with Gasteiger partial charge in [-0.15, -0.1) is 18.3 Å². The van der Waals surface area contributed by atoms with Crippen molar-refractivity contribution in [3.8, 4) is 0 Å². The fraction of sp³-hybridized carbons (Fsp3) is 0.160. The van der Waals surface area contributed by atoms with Crippen molar-refractivity contribution < 1.29 is 9.53 Å². The van der Waals surface area contributed by atoms with E-state index in [1.807, 2.05) is 61.5 Å². The molecular weight excluding hydrogens is 364 g/mol. The van der Waals surface area contributed by atoms with E-state index in [1.54, 1.807) is 17.8 Å². The summed E-state index contributed by atoms with van der Waals surface area (Å²) >= 11 is 1.55. The molecule has 0 saturated carbocycles. The second-order valence-electron chi connectivity index (χ2n) is 6.31. The summed E-state index contributed by atoms with van der Waals surface area (Å²) in [7, 11) is 0. The molecule has 0 fully saturated rings. The number of carbonyl (C=O) groups excluding carboxylic acids is 1. The quantitative estimate of drug-likeness (QED) is 0.276. The minimum absolute atomic E-state index is 0.269. The summed E-state index contributed by atoms with van der Waals surface area (Å²) in [6.45, 7) is 6.07. The van der Waals surface area contributed by atoms with E-state index in [9.17, 15) is 4.79 Å². The van der Waals surface area contributed by atoms with Crippen molar-refractivity contribution in [2.75, 3.05) is 6.61 Å². The van der Waals surface area contributed by atoms with Crippen LogP contribution in [-0.2, 0) is 14.3 Å². The third-order valence-corrected chi connectivity index (χ3v) is 6.28. The Bertz CT molecular complexity index is 795. The van der Waals surface area contributed by atoms with Gasteiger partial charge < -0.3 is 4.74 Å². The van der Waals surface area contributed by atoms with E-state index in [4.69, 9.17) is 4.74 Å². The minimum atomic E-state index is -0.574. The standard InChI is InChI=1S/C25H24O2S/c1-3-23(24(26)27-4-2)28-25(20-14-8-5-9-15-20,21-16-10-6-11-17-21)22-18-12-7-13-19-22/h3,5-19,23H,1,4H2,2H3. The molecule has 0 aliphatic heterocycles. The lowest BCUT2D eigenvalue weighted by atomic mass is 9.84. The average molecular weight is 389 g/mol. The Hall–Kier alpha value is -2.78. The van der Waals surface area contributed by atoms with E-state index in [2.05, 4.69) is 43.0 Å². The molecule has 0 aliphatic rings. The number of benzene rings is 3. The molecule has 3 aromatic rings. The van der Waals surface area contributed by atoms with E-state index in [-0.39, 0.29) is 5.97 Å². The lowest BCUT2D eigenvalue weighted by molar-refractivity contribution is -0.141. The van der Waals surface area contributed by atoms with Crippen LogP contribution in [0.15, 0.2) is 104 Å². The number of hydrogen-bond donors (Lipinski definition) is 0. The Kier molecular flexibility index (Phi) is 6.72. The molecule has 3 rings (SSSR count). The first-order valence-electron chi connectivity index (χ1n) is 9.36. The van der Waals surface area contributed by atoms with E-state index in [0.717, 1.165) is 16.7 Å². The summed E-state index contributed by atoms with van der Waals surface area (Å²) in [4.78, 5) is 12.6. The zero-order valence-electron chi connectivity index (χ0n) is 16.0. The molecule has 3 aromatic carbocycles. The highest BCUT2D eigenvalue weighted by Gasteiger charge is 2.40. The van der Waals surface area contributed by atoms with Crippen molar-refractivity contribution >= 4 is 17.7 Å². The Morgan fingerprint density at radius 2 is 1.29 bits per heavy atom. The van der Waals surface area contributed by atoms with Crippen LogP contribution in [0.2, 0.25) is 0 Å².